The summed E-state index contributed by atoms with van der Waals surface area (Å²) in [7, 11) is -0.920. The summed E-state index contributed by atoms with van der Waals surface area (Å²) in [6, 6.07) is 2.83. The Balaban J connectivity index is 2.20. The zero-order valence-corrected chi connectivity index (χ0v) is 11.1. The van der Waals surface area contributed by atoms with E-state index in [1.807, 2.05) is 0 Å². The quantitative estimate of drug-likeness (QED) is 0.498. The van der Waals surface area contributed by atoms with E-state index in [1.54, 1.807) is 0 Å². The Morgan fingerprint density at radius 2 is 1.86 bits per heavy atom. The Kier molecular flexibility index (Phi) is 4.89. The van der Waals surface area contributed by atoms with Crippen molar-refractivity contribution >= 4 is 8.07 Å². The lowest BCUT2D eigenvalue weighted by Gasteiger charge is -2.24. The molecule has 1 nitrogen and oxygen atoms in total. The summed E-state index contributed by atoms with van der Waals surface area (Å²) in [4.78, 5) is 2.64. The Labute approximate surface area is 90.2 Å². The number of allylic oxidation sites excluding steroid dienone is 2. The molecule has 0 unspecified atom stereocenters. The van der Waals surface area contributed by atoms with Crippen LogP contribution in [0, 0.1) is 0 Å². The van der Waals surface area contributed by atoms with Gasteiger partial charge in [0.15, 0.2) is 0 Å². The van der Waals surface area contributed by atoms with Crippen LogP contribution in [0.5, 0.6) is 0 Å². The van der Waals surface area contributed by atoms with E-state index in [1.165, 1.54) is 44.6 Å². The first kappa shape index (κ1) is 12.0. The highest BCUT2D eigenvalue weighted by molar-refractivity contribution is 6.77. The zero-order chi connectivity index (χ0) is 10.4. The van der Waals surface area contributed by atoms with Crippen molar-refractivity contribution < 1.29 is 0 Å². The zero-order valence-electron chi connectivity index (χ0n) is 10.1. The first-order valence-corrected chi connectivity index (χ1v) is 9.39. The van der Waals surface area contributed by atoms with Gasteiger partial charge in [0, 0.05) is 0 Å². The van der Waals surface area contributed by atoms with Gasteiger partial charge in [-0.15, -0.1) is 0 Å². The molecule has 0 atom stereocenters. The predicted molar refractivity (Wildman–Crippen MR) is 67.6 cm³/mol. The highest BCUT2D eigenvalue weighted by Crippen LogP contribution is 2.18. The van der Waals surface area contributed by atoms with Crippen molar-refractivity contribution in [3.05, 3.63) is 12.2 Å². The maximum atomic E-state index is 2.64. The summed E-state index contributed by atoms with van der Waals surface area (Å²) in [5, 5.41) is 0. The molecule has 0 aromatic carbocycles. The van der Waals surface area contributed by atoms with Crippen molar-refractivity contribution in [2.24, 2.45) is 0 Å². The summed E-state index contributed by atoms with van der Waals surface area (Å²) < 4.78 is 0. The first-order chi connectivity index (χ1) is 6.64. The smallest absolute Gasteiger partial charge is 0.0523 e. The molecule has 1 aliphatic rings. The molecule has 1 heterocycles. The average molecular weight is 211 g/mol. The van der Waals surface area contributed by atoms with E-state index in [2.05, 4.69) is 37.1 Å². The molecule has 2 heteroatoms. The van der Waals surface area contributed by atoms with Gasteiger partial charge in [-0.3, -0.25) is 0 Å². The van der Waals surface area contributed by atoms with E-state index in [0.717, 1.165) is 0 Å². The fraction of sp³-hybridized carbons (Fsp3) is 0.833. The van der Waals surface area contributed by atoms with Gasteiger partial charge in [-0.25, -0.2) is 0 Å². The molecule has 0 aliphatic carbocycles. The molecule has 0 radical (unpaired) electrons. The second-order valence-corrected chi connectivity index (χ2v) is 10.5. The molecule has 0 bridgehead atoms. The topological polar surface area (TPSA) is 3.24 Å². The van der Waals surface area contributed by atoms with Crippen molar-refractivity contribution in [1.82, 2.24) is 4.90 Å². The minimum atomic E-state index is -0.920. The van der Waals surface area contributed by atoms with Crippen LogP contribution in [0.15, 0.2) is 12.2 Å². The third kappa shape index (κ3) is 4.42. The molecule has 82 valence electrons. The Morgan fingerprint density at radius 1 is 1.21 bits per heavy atom. The van der Waals surface area contributed by atoms with E-state index >= 15 is 0 Å². The number of hydrogen-bond donors (Lipinski definition) is 0. The van der Waals surface area contributed by atoms with Gasteiger partial charge in [0.05, 0.1) is 8.07 Å². The van der Waals surface area contributed by atoms with E-state index in [0.29, 0.717) is 0 Å². The first-order valence-electron chi connectivity index (χ1n) is 5.97. The minimum absolute atomic E-state index is 0.920. The summed E-state index contributed by atoms with van der Waals surface area (Å²) in [5.74, 6) is 0. The summed E-state index contributed by atoms with van der Waals surface area (Å²) >= 11 is 0. The second-order valence-electron chi connectivity index (χ2n) is 5.24. The minimum Gasteiger partial charge on any atom is -0.304 e. The predicted octanol–water partition coefficient (Wildman–Crippen LogP) is 3.37. The molecule has 0 aromatic heterocycles. The van der Waals surface area contributed by atoms with Crippen LogP contribution in [-0.4, -0.2) is 32.6 Å². The van der Waals surface area contributed by atoms with Crippen LogP contribution in [0.2, 0.25) is 25.2 Å². The van der Waals surface area contributed by atoms with Crippen LogP contribution in [-0.2, 0) is 0 Å². The van der Waals surface area contributed by atoms with Crippen LogP contribution < -0.4 is 0 Å². The highest BCUT2D eigenvalue weighted by atomic mass is 28.3. The van der Waals surface area contributed by atoms with Gasteiger partial charge < -0.3 is 4.90 Å². The lowest BCUT2D eigenvalue weighted by atomic mass is 10.4. The van der Waals surface area contributed by atoms with Crippen LogP contribution in [0.25, 0.3) is 0 Å². The van der Waals surface area contributed by atoms with Gasteiger partial charge in [0.25, 0.3) is 0 Å². The molecule has 0 spiro atoms. The molecule has 14 heavy (non-hydrogen) atoms. The molecule has 0 N–H and O–H groups in total. The van der Waals surface area contributed by atoms with Gasteiger partial charge in [0.1, 0.15) is 0 Å². The maximum Gasteiger partial charge on any atom is 0.0523 e. The molecule has 1 aliphatic heterocycles. The second kappa shape index (κ2) is 5.71. The van der Waals surface area contributed by atoms with Crippen LogP contribution in [0.4, 0.5) is 0 Å². The molecule has 1 rings (SSSR count). The third-order valence-electron chi connectivity index (χ3n) is 3.21. The number of hydrogen-bond acceptors (Lipinski definition) is 1. The van der Waals surface area contributed by atoms with Crippen molar-refractivity contribution in [3.8, 4) is 0 Å². The molecule has 1 fully saturated rings. The van der Waals surface area contributed by atoms with Crippen molar-refractivity contribution in [1.29, 1.82) is 0 Å². The lowest BCUT2D eigenvalue weighted by Crippen LogP contribution is -2.31. The van der Waals surface area contributed by atoms with Crippen LogP contribution in [0.3, 0.4) is 0 Å². The SMILES string of the molecule is C/C=C/C[Si](C)(C)CCN1CCCC1. The van der Waals surface area contributed by atoms with E-state index < -0.39 is 8.07 Å². The molecule has 0 amide bonds. The molecular formula is C12H25NSi. The Morgan fingerprint density at radius 3 is 2.43 bits per heavy atom. The summed E-state index contributed by atoms with van der Waals surface area (Å²) in [6.45, 7) is 11.2. The largest absolute Gasteiger partial charge is 0.304 e. The van der Waals surface area contributed by atoms with E-state index in [4.69, 9.17) is 0 Å². The third-order valence-corrected chi connectivity index (χ3v) is 6.13. The van der Waals surface area contributed by atoms with Gasteiger partial charge in [-0.05, 0) is 51.5 Å². The van der Waals surface area contributed by atoms with Gasteiger partial charge in [0.2, 0.25) is 0 Å². The highest BCUT2D eigenvalue weighted by Gasteiger charge is 2.21. The van der Waals surface area contributed by atoms with E-state index in [-0.39, 0.29) is 0 Å². The lowest BCUT2D eigenvalue weighted by molar-refractivity contribution is 0.357. The van der Waals surface area contributed by atoms with Crippen molar-refractivity contribution in [2.45, 2.75) is 44.9 Å². The summed E-state index contributed by atoms with van der Waals surface area (Å²) in [5.41, 5.74) is 0. The van der Waals surface area contributed by atoms with Crippen molar-refractivity contribution in [2.75, 3.05) is 19.6 Å². The fourth-order valence-corrected chi connectivity index (χ4v) is 4.01. The number of nitrogens with zero attached hydrogens (tertiary/aromatic N) is 1. The summed E-state index contributed by atoms with van der Waals surface area (Å²) in [6.07, 6.45) is 7.41. The average Bonchev–Trinajstić information content (AvgIpc) is 2.64. The maximum absolute atomic E-state index is 2.64. The standard InChI is InChI=1S/C12H25NSi/c1-4-5-11-14(2,3)12-10-13-8-6-7-9-13/h4-5H,6-12H2,1-3H3/b5-4+. The monoisotopic (exact) mass is 211 g/mol. The molecule has 0 saturated carbocycles. The van der Waals surface area contributed by atoms with Crippen molar-refractivity contribution in [3.63, 3.8) is 0 Å². The number of likely N-dealkylation sites (tertiary alicyclic amines) is 1. The Hall–Kier alpha value is -0.0831. The van der Waals surface area contributed by atoms with E-state index in [9.17, 15) is 0 Å². The Bertz CT molecular complexity index is 181. The number of rotatable bonds is 5. The normalized spacial score (nSPS) is 19.6. The molecular weight excluding hydrogens is 186 g/mol. The van der Waals surface area contributed by atoms with Crippen LogP contribution in [0.1, 0.15) is 19.8 Å². The molecule has 0 aromatic rings. The molecule has 1 saturated heterocycles. The fourth-order valence-electron chi connectivity index (χ4n) is 2.01. The van der Waals surface area contributed by atoms with Gasteiger partial charge in [-0.2, -0.15) is 0 Å². The van der Waals surface area contributed by atoms with Gasteiger partial charge >= 0.3 is 0 Å². The van der Waals surface area contributed by atoms with Crippen LogP contribution >= 0.6 is 0 Å². The van der Waals surface area contributed by atoms with Gasteiger partial charge in [-0.1, -0.05) is 25.2 Å².